The number of ether oxygens (including phenoxy) is 1. The number of morpholine rings is 1. The summed E-state index contributed by atoms with van der Waals surface area (Å²) in [6.07, 6.45) is 1.75. The fourth-order valence-electron chi connectivity index (χ4n) is 2.81. The first-order valence-corrected chi connectivity index (χ1v) is 10.6. The predicted molar refractivity (Wildman–Crippen MR) is 99.8 cm³/mol. The van der Waals surface area contributed by atoms with Crippen molar-refractivity contribution in [1.29, 1.82) is 0 Å². The average Bonchev–Trinajstić information content (AvgIpc) is 3.11. The molecule has 3 aromatic rings. The Balaban J connectivity index is 1.70. The van der Waals surface area contributed by atoms with Crippen LogP contribution in [-0.2, 0) is 14.8 Å². The maximum absolute atomic E-state index is 12.8. The molecule has 0 unspecified atom stereocenters. The number of hydrogen-bond donors (Lipinski definition) is 0. The molecule has 1 aliphatic rings. The molecular formula is C16H15N5O5S2. The highest BCUT2D eigenvalue weighted by atomic mass is 32.2. The molecule has 0 bridgehead atoms. The van der Waals surface area contributed by atoms with Crippen LogP contribution < -0.4 is 0 Å². The van der Waals surface area contributed by atoms with E-state index in [0.717, 1.165) is 17.8 Å². The van der Waals surface area contributed by atoms with Crippen LogP contribution in [0.5, 0.6) is 0 Å². The molecule has 0 aliphatic carbocycles. The lowest BCUT2D eigenvalue weighted by molar-refractivity contribution is -0.388. The fraction of sp³-hybridized carbons (Fsp3) is 0.250. The quantitative estimate of drug-likeness (QED) is 0.452. The van der Waals surface area contributed by atoms with Crippen LogP contribution in [-0.4, -0.2) is 58.5 Å². The van der Waals surface area contributed by atoms with E-state index in [1.807, 2.05) is 6.07 Å². The Morgan fingerprint density at radius 1 is 1.14 bits per heavy atom. The standard InChI is InChI=1S/C16H15N5O5S2/c22-21(23)13-11-12(28(24,25)19-7-9-26-10-8-19)4-5-14(13)27-16-18-17-15-3-1-2-6-20(15)16/h1-6,11H,7-10H2. The van der Waals surface area contributed by atoms with Gasteiger partial charge in [0, 0.05) is 25.4 Å². The number of sulfonamides is 1. The summed E-state index contributed by atoms with van der Waals surface area (Å²) >= 11 is 1.05. The SMILES string of the molecule is O=[N+]([O-])c1cc(S(=O)(=O)N2CCOCC2)ccc1Sc1nnc2ccccn12. The van der Waals surface area contributed by atoms with Gasteiger partial charge in [-0.1, -0.05) is 6.07 Å². The Morgan fingerprint density at radius 2 is 1.93 bits per heavy atom. The number of pyridine rings is 1. The van der Waals surface area contributed by atoms with E-state index >= 15 is 0 Å². The van der Waals surface area contributed by atoms with Crippen LogP contribution in [0.4, 0.5) is 5.69 Å². The summed E-state index contributed by atoms with van der Waals surface area (Å²) < 4.78 is 33.7. The molecule has 10 nitrogen and oxygen atoms in total. The van der Waals surface area contributed by atoms with Crippen molar-refractivity contribution in [2.45, 2.75) is 14.9 Å². The van der Waals surface area contributed by atoms with Crippen LogP contribution in [0, 0.1) is 10.1 Å². The number of fused-ring (bicyclic) bond motifs is 1. The van der Waals surface area contributed by atoms with Crippen molar-refractivity contribution in [3.8, 4) is 0 Å². The van der Waals surface area contributed by atoms with Gasteiger partial charge in [0.15, 0.2) is 5.65 Å². The van der Waals surface area contributed by atoms with Crippen molar-refractivity contribution in [1.82, 2.24) is 18.9 Å². The van der Waals surface area contributed by atoms with Crippen molar-refractivity contribution in [3.05, 3.63) is 52.7 Å². The minimum atomic E-state index is -3.83. The second-order valence-corrected chi connectivity index (χ2v) is 8.86. The summed E-state index contributed by atoms with van der Waals surface area (Å²) in [5.41, 5.74) is 0.311. The first kappa shape index (κ1) is 18.8. The second-order valence-electron chi connectivity index (χ2n) is 5.92. The van der Waals surface area contributed by atoms with Gasteiger partial charge in [0.1, 0.15) is 0 Å². The van der Waals surface area contributed by atoms with Gasteiger partial charge in [-0.3, -0.25) is 14.5 Å². The van der Waals surface area contributed by atoms with E-state index in [9.17, 15) is 18.5 Å². The van der Waals surface area contributed by atoms with Crippen molar-refractivity contribution < 1.29 is 18.1 Å². The predicted octanol–water partition coefficient (Wildman–Crippen LogP) is 1.81. The Labute approximate surface area is 164 Å². The molecule has 1 aliphatic heterocycles. The van der Waals surface area contributed by atoms with Crippen LogP contribution in [0.3, 0.4) is 0 Å². The number of nitro benzene ring substituents is 1. The summed E-state index contributed by atoms with van der Waals surface area (Å²) in [6.45, 7) is 1.04. The van der Waals surface area contributed by atoms with Crippen LogP contribution in [0.15, 0.2) is 57.5 Å². The van der Waals surface area contributed by atoms with Gasteiger partial charge < -0.3 is 4.74 Å². The van der Waals surface area contributed by atoms with Crippen LogP contribution in [0.2, 0.25) is 0 Å². The lowest BCUT2D eigenvalue weighted by Crippen LogP contribution is -2.40. The largest absolute Gasteiger partial charge is 0.379 e. The number of nitro groups is 1. The van der Waals surface area contributed by atoms with E-state index in [2.05, 4.69) is 10.2 Å². The number of hydrogen-bond acceptors (Lipinski definition) is 8. The Hall–Kier alpha value is -2.54. The molecule has 12 heteroatoms. The first-order chi connectivity index (χ1) is 13.5. The molecule has 1 saturated heterocycles. The van der Waals surface area contributed by atoms with E-state index < -0.39 is 14.9 Å². The van der Waals surface area contributed by atoms with Crippen LogP contribution in [0.1, 0.15) is 0 Å². The topological polar surface area (TPSA) is 120 Å². The summed E-state index contributed by atoms with van der Waals surface area (Å²) in [4.78, 5) is 11.2. The third-order valence-electron chi connectivity index (χ3n) is 4.22. The van der Waals surface area contributed by atoms with Gasteiger partial charge in [-0.05, 0) is 36.0 Å². The van der Waals surface area contributed by atoms with E-state index in [1.165, 1.54) is 16.4 Å². The average molecular weight is 421 g/mol. The van der Waals surface area contributed by atoms with E-state index in [-0.39, 0.29) is 28.6 Å². The Morgan fingerprint density at radius 3 is 2.68 bits per heavy atom. The van der Waals surface area contributed by atoms with Gasteiger partial charge in [-0.15, -0.1) is 10.2 Å². The zero-order valence-electron chi connectivity index (χ0n) is 14.5. The number of rotatable bonds is 5. The number of aromatic nitrogens is 3. The highest BCUT2D eigenvalue weighted by Crippen LogP contribution is 2.36. The zero-order valence-corrected chi connectivity index (χ0v) is 16.1. The second kappa shape index (κ2) is 7.47. The minimum Gasteiger partial charge on any atom is -0.379 e. The summed E-state index contributed by atoms with van der Waals surface area (Å²) in [5, 5.41) is 20.1. The monoisotopic (exact) mass is 421 g/mol. The Kier molecular flexibility index (Phi) is 5.02. The van der Waals surface area contributed by atoms with Gasteiger partial charge in [0.05, 0.1) is 27.9 Å². The van der Waals surface area contributed by atoms with Crippen molar-refractivity contribution in [2.75, 3.05) is 26.3 Å². The van der Waals surface area contributed by atoms with E-state index in [1.54, 1.807) is 22.7 Å². The van der Waals surface area contributed by atoms with Crippen LogP contribution >= 0.6 is 11.8 Å². The van der Waals surface area contributed by atoms with Gasteiger partial charge >= 0.3 is 0 Å². The van der Waals surface area contributed by atoms with Gasteiger partial charge in [0.25, 0.3) is 5.69 Å². The highest BCUT2D eigenvalue weighted by molar-refractivity contribution is 7.99. The normalized spacial score (nSPS) is 15.7. The molecular weight excluding hydrogens is 406 g/mol. The van der Waals surface area contributed by atoms with Gasteiger partial charge in [0.2, 0.25) is 15.2 Å². The molecule has 0 atom stereocenters. The van der Waals surface area contributed by atoms with Crippen LogP contribution in [0.25, 0.3) is 5.65 Å². The first-order valence-electron chi connectivity index (χ1n) is 8.31. The number of benzene rings is 1. The van der Waals surface area contributed by atoms with E-state index in [4.69, 9.17) is 4.74 Å². The molecule has 1 fully saturated rings. The molecule has 0 spiro atoms. The molecule has 146 valence electrons. The fourth-order valence-corrected chi connectivity index (χ4v) is 5.14. The molecule has 0 radical (unpaired) electrons. The molecule has 3 heterocycles. The molecule has 0 saturated carbocycles. The smallest absolute Gasteiger partial charge is 0.284 e. The minimum absolute atomic E-state index is 0.114. The maximum atomic E-state index is 12.8. The lowest BCUT2D eigenvalue weighted by atomic mass is 10.3. The molecule has 4 rings (SSSR count). The third kappa shape index (κ3) is 3.46. The molecule has 28 heavy (non-hydrogen) atoms. The van der Waals surface area contributed by atoms with Gasteiger partial charge in [-0.2, -0.15) is 4.31 Å². The van der Waals surface area contributed by atoms with E-state index in [0.29, 0.717) is 24.0 Å². The molecule has 0 amide bonds. The lowest BCUT2D eigenvalue weighted by Gasteiger charge is -2.26. The third-order valence-corrected chi connectivity index (χ3v) is 7.14. The van der Waals surface area contributed by atoms with Gasteiger partial charge in [-0.25, -0.2) is 8.42 Å². The Bertz CT molecular complexity index is 1140. The summed E-state index contributed by atoms with van der Waals surface area (Å²) in [6, 6.07) is 9.28. The summed E-state index contributed by atoms with van der Waals surface area (Å²) in [5.74, 6) is 0. The molecule has 0 N–H and O–H groups in total. The zero-order chi connectivity index (χ0) is 19.7. The van der Waals surface area contributed by atoms with Crippen molar-refractivity contribution in [2.24, 2.45) is 0 Å². The summed E-state index contributed by atoms with van der Waals surface area (Å²) in [7, 11) is -3.83. The highest BCUT2D eigenvalue weighted by Gasteiger charge is 2.29. The van der Waals surface area contributed by atoms with Crippen molar-refractivity contribution in [3.63, 3.8) is 0 Å². The number of nitrogens with zero attached hydrogens (tertiary/aromatic N) is 5. The maximum Gasteiger partial charge on any atom is 0.284 e. The van der Waals surface area contributed by atoms with Crippen molar-refractivity contribution >= 4 is 33.1 Å². The molecule has 2 aromatic heterocycles. The molecule has 1 aromatic carbocycles.